The van der Waals surface area contributed by atoms with E-state index in [1.807, 2.05) is 6.92 Å². The van der Waals surface area contributed by atoms with Gasteiger partial charge in [-0.05, 0) is 13.0 Å². The van der Waals surface area contributed by atoms with E-state index in [-0.39, 0.29) is 0 Å². The summed E-state index contributed by atoms with van der Waals surface area (Å²) in [7, 11) is 0. The molecule has 0 fully saturated rings. The van der Waals surface area contributed by atoms with Gasteiger partial charge >= 0.3 is 0 Å². The average Bonchev–Trinajstić information content (AvgIpc) is 2.51. The Labute approximate surface area is 85.9 Å². The van der Waals surface area contributed by atoms with Crippen molar-refractivity contribution >= 4 is 11.6 Å². The molecule has 5 heteroatoms. The summed E-state index contributed by atoms with van der Waals surface area (Å²) in [6, 6.07) is 6.95. The molecule has 0 atom stereocenters. The zero-order valence-corrected chi connectivity index (χ0v) is 8.25. The SMILES string of the molecule is Cc1cc(Oc2cccc(Cl)n2)n[nH]1. The maximum atomic E-state index is 5.70. The second kappa shape index (κ2) is 3.67. The van der Waals surface area contributed by atoms with Gasteiger partial charge in [0.25, 0.3) is 0 Å². The van der Waals surface area contributed by atoms with Gasteiger partial charge in [-0.1, -0.05) is 17.7 Å². The van der Waals surface area contributed by atoms with Gasteiger partial charge in [0, 0.05) is 17.8 Å². The average molecular weight is 210 g/mol. The fourth-order valence-electron chi connectivity index (χ4n) is 0.999. The van der Waals surface area contributed by atoms with Crippen LogP contribution in [0.2, 0.25) is 5.15 Å². The Morgan fingerprint density at radius 2 is 2.21 bits per heavy atom. The van der Waals surface area contributed by atoms with Crippen molar-refractivity contribution in [3.05, 3.63) is 35.1 Å². The lowest BCUT2D eigenvalue weighted by molar-refractivity contribution is 0.443. The number of nitrogens with one attached hydrogen (secondary N) is 1. The maximum Gasteiger partial charge on any atom is 0.240 e. The molecular formula is C9H8ClN3O. The quantitative estimate of drug-likeness (QED) is 0.774. The van der Waals surface area contributed by atoms with Gasteiger partial charge in [0.05, 0.1) is 0 Å². The number of halogens is 1. The summed E-state index contributed by atoms with van der Waals surface area (Å²) in [5.74, 6) is 0.918. The molecule has 4 nitrogen and oxygen atoms in total. The molecule has 14 heavy (non-hydrogen) atoms. The van der Waals surface area contributed by atoms with Gasteiger partial charge in [-0.25, -0.2) is 4.98 Å². The third-order valence-electron chi connectivity index (χ3n) is 1.58. The molecule has 0 saturated heterocycles. The van der Waals surface area contributed by atoms with Crippen molar-refractivity contribution in [1.29, 1.82) is 0 Å². The molecule has 0 spiro atoms. The molecule has 0 unspecified atom stereocenters. The topological polar surface area (TPSA) is 50.8 Å². The zero-order valence-electron chi connectivity index (χ0n) is 7.49. The molecule has 0 bridgehead atoms. The molecule has 0 aliphatic rings. The van der Waals surface area contributed by atoms with Crippen LogP contribution in [-0.2, 0) is 0 Å². The molecule has 2 heterocycles. The van der Waals surface area contributed by atoms with E-state index in [4.69, 9.17) is 16.3 Å². The predicted octanol–water partition coefficient (Wildman–Crippen LogP) is 2.56. The van der Waals surface area contributed by atoms with Crippen LogP contribution in [0.25, 0.3) is 0 Å². The van der Waals surface area contributed by atoms with Crippen molar-refractivity contribution in [2.24, 2.45) is 0 Å². The summed E-state index contributed by atoms with van der Waals surface area (Å²) >= 11 is 5.70. The number of hydrogen-bond acceptors (Lipinski definition) is 3. The third kappa shape index (κ3) is 2.03. The Bertz CT molecular complexity index is 441. The van der Waals surface area contributed by atoms with Crippen LogP contribution in [0, 0.1) is 6.92 Å². The largest absolute Gasteiger partial charge is 0.419 e. The Morgan fingerprint density at radius 3 is 2.86 bits per heavy atom. The molecule has 0 saturated carbocycles. The third-order valence-corrected chi connectivity index (χ3v) is 1.79. The highest BCUT2D eigenvalue weighted by molar-refractivity contribution is 6.29. The molecule has 2 aromatic heterocycles. The molecule has 0 aliphatic carbocycles. The van der Waals surface area contributed by atoms with Crippen LogP contribution >= 0.6 is 11.6 Å². The first-order valence-electron chi connectivity index (χ1n) is 4.06. The summed E-state index contributed by atoms with van der Waals surface area (Å²) in [5.41, 5.74) is 0.932. The van der Waals surface area contributed by atoms with Crippen LogP contribution in [0.1, 0.15) is 5.69 Å². The molecule has 0 aromatic carbocycles. The van der Waals surface area contributed by atoms with Crippen molar-refractivity contribution < 1.29 is 4.74 Å². The van der Waals surface area contributed by atoms with Gasteiger partial charge < -0.3 is 4.74 Å². The second-order valence-electron chi connectivity index (χ2n) is 2.79. The fraction of sp³-hybridized carbons (Fsp3) is 0.111. The van der Waals surface area contributed by atoms with E-state index in [2.05, 4.69) is 15.2 Å². The molecule has 1 N–H and O–H groups in total. The fourth-order valence-corrected chi connectivity index (χ4v) is 1.15. The number of aryl methyl sites for hydroxylation is 1. The number of nitrogens with zero attached hydrogens (tertiary/aromatic N) is 2. The molecule has 0 aliphatic heterocycles. The van der Waals surface area contributed by atoms with Gasteiger partial charge in [0.2, 0.25) is 11.8 Å². The van der Waals surface area contributed by atoms with Crippen LogP contribution in [0.3, 0.4) is 0 Å². The van der Waals surface area contributed by atoms with Crippen molar-refractivity contribution in [2.75, 3.05) is 0 Å². The summed E-state index contributed by atoms with van der Waals surface area (Å²) in [6.45, 7) is 1.89. The molecule has 0 amide bonds. The first kappa shape index (κ1) is 9.02. The summed E-state index contributed by atoms with van der Waals surface area (Å²) in [5, 5.41) is 7.08. The predicted molar refractivity (Wildman–Crippen MR) is 52.6 cm³/mol. The van der Waals surface area contributed by atoms with Gasteiger partial charge in [-0.3, -0.25) is 5.10 Å². The number of H-pyrrole nitrogens is 1. The molecule has 0 radical (unpaired) electrons. The number of aromatic nitrogens is 3. The van der Waals surface area contributed by atoms with E-state index in [9.17, 15) is 0 Å². The number of hydrogen-bond donors (Lipinski definition) is 1. The lowest BCUT2D eigenvalue weighted by Gasteiger charge is -1.99. The second-order valence-corrected chi connectivity index (χ2v) is 3.18. The van der Waals surface area contributed by atoms with Crippen molar-refractivity contribution in [3.8, 4) is 11.8 Å². The van der Waals surface area contributed by atoms with Crippen LogP contribution in [-0.4, -0.2) is 15.2 Å². The minimum atomic E-state index is 0.398. The molecule has 2 rings (SSSR count). The zero-order chi connectivity index (χ0) is 9.97. The number of aromatic amines is 1. The van der Waals surface area contributed by atoms with E-state index in [0.29, 0.717) is 16.9 Å². The van der Waals surface area contributed by atoms with Crippen LogP contribution < -0.4 is 4.74 Å². The number of pyridine rings is 1. The minimum Gasteiger partial charge on any atom is -0.419 e. The smallest absolute Gasteiger partial charge is 0.240 e. The highest BCUT2D eigenvalue weighted by Crippen LogP contribution is 2.18. The molecular weight excluding hydrogens is 202 g/mol. The Kier molecular flexibility index (Phi) is 2.37. The van der Waals surface area contributed by atoms with Crippen molar-refractivity contribution in [3.63, 3.8) is 0 Å². The Morgan fingerprint density at radius 1 is 1.36 bits per heavy atom. The molecule has 2 aromatic rings. The van der Waals surface area contributed by atoms with Gasteiger partial charge in [0.15, 0.2) is 0 Å². The summed E-state index contributed by atoms with van der Waals surface area (Å²) < 4.78 is 5.34. The van der Waals surface area contributed by atoms with E-state index in [1.165, 1.54) is 0 Å². The first-order chi connectivity index (χ1) is 6.74. The van der Waals surface area contributed by atoms with Crippen LogP contribution in [0.4, 0.5) is 0 Å². The number of ether oxygens (including phenoxy) is 1. The minimum absolute atomic E-state index is 0.398. The Balaban J connectivity index is 2.18. The monoisotopic (exact) mass is 209 g/mol. The van der Waals surface area contributed by atoms with Gasteiger partial charge in [0.1, 0.15) is 5.15 Å². The van der Waals surface area contributed by atoms with Crippen LogP contribution in [0.5, 0.6) is 11.8 Å². The summed E-state index contributed by atoms with van der Waals surface area (Å²) in [4.78, 5) is 3.97. The van der Waals surface area contributed by atoms with Crippen molar-refractivity contribution in [2.45, 2.75) is 6.92 Å². The van der Waals surface area contributed by atoms with Crippen molar-refractivity contribution in [1.82, 2.24) is 15.2 Å². The summed E-state index contributed by atoms with van der Waals surface area (Å²) in [6.07, 6.45) is 0. The lowest BCUT2D eigenvalue weighted by atomic mass is 10.5. The van der Waals surface area contributed by atoms with Crippen LogP contribution in [0.15, 0.2) is 24.3 Å². The van der Waals surface area contributed by atoms with Gasteiger partial charge in [-0.2, -0.15) is 0 Å². The lowest BCUT2D eigenvalue weighted by Crippen LogP contribution is -1.87. The van der Waals surface area contributed by atoms with E-state index < -0.39 is 0 Å². The van der Waals surface area contributed by atoms with E-state index in [0.717, 1.165) is 5.69 Å². The van der Waals surface area contributed by atoms with E-state index >= 15 is 0 Å². The normalized spacial score (nSPS) is 10.1. The maximum absolute atomic E-state index is 5.70. The standard InChI is InChI=1S/C9H8ClN3O/c1-6-5-9(13-12-6)14-8-4-2-3-7(10)11-8/h2-5H,1H3,(H,12,13). The molecule has 72 valence electrons. The Hall–Kier alpha value is -1.55. The number of rotatable bonds is 2. The van der Waals surface area contributed by atoms with Gasteiger partial charge in [-0.15, -0.1) is 5.10 Å². The first-order valence-corrected chi connectivity index (χ1v) is 4.44. The highest BCUT2D eigenvalue weighted by Gasteiger charge is 2.01. The highest BCUT2D eigenvalue weighted by atomic mass is 35.5. The van der Waals surface area contributed by atoms with E-state index in [1.54, 1.807) is 24.3 Å².